The molecule has 1 heterocycles. The van der Waals surface area contributed by atoms with Gasteiger partial charge in [-0.05, 0) is 6.07 Å². The zero-order valence-electron chi connectivity index (χ0n) is 4.89. The SMILES string of the molecule is COc1[c]cc(Cl)nc1. The molecule has 0 aliphatic carbocycles. The molecule has 0 saturated carbocycles. The summed E-state index contributed by atoms with van der Waals surface area (Å²) >= 11 is 5.47. The molecule has 2 nitrogen and oxygen atoms in total. The Morgan fingerprint density at radius 3 is 3.00 bits per heavy atom. The van der Waals surface area contributed by atoms with E-state index in [-0.39, 0.29) is 0 Å². The maximum absolute atomic E-state index is 5.47. The van der Waals surface area contributed by atoms with Crippen LogP contribution in [0.5, 0.6) is 5.75 Å². The molecule has 0 spiro atoms. The highest BCUT2D eigenvalue weighted by molar-refractivity contribution is 6.29. The molecule has 0 atom stereocenters. The number of hydrogen-bond acceptors (Lipinski definition) is 2. The van der Waals surface area contributed by atoms with Gasteiger partial charge in [0.1, 0.15) is 10.9 Å². The predicted octanol–water partition coefficient (Wildman–Crippen LogP) is 1.54. The van der Waals surface area contributed by atoms with Crippen LogP contribution in [0.25, 0.3) is 0 Å². The van der Waals surface area contributed by atoms with Gasteiger partial charge in [-0.2, -0.15) is 0 Å². The van der Waals surface area contributed by atoms with Gasteiger partial charge in [0.25, 0.3) is 0 Å². The fourth-order valence-electron chi connectivity index (χ4n) is 0.437. The molecule has 0 aromatic carbocycles. The molecule has 9 heavy (non-hydrogen) atoms. The minimum atomic E-state index is 0.427. The van der Waals surface area contributed by atoms with E-state index in [1.165, 1.54) is 6.20 Å². The summed E-state index contributed by atoms with van der Waals surface area (Å²) in [6.45, 7) is 0. The van der Waals surface area contributed by atoms with Gasteiger partial charge < -0.3 is 4.74 Å². The summed E-state index contributed by atoms with van der Waals surface area (Å²) in [6, 6.07) is 4.33. The first-order valence-electron chi connectivity index (χ1n) is 2.40. The van der Waals surface area contributed by atoms with Crippen LogP contribution in [0, 0.1) is 6.07 Å². The van der Waals surface area contributed by atoms with Crippen LogP contribution >= 0.6 is 11.6 Å². The van der Waals surface area contributed by atoms with Crippen molar-refractivity contribution < 1.29 is 4.74 Å². The van der Waals surface area contributed by atoms with Crippen LogP contribution in [-0.2, 0) is 0 Å². The Labute approximate surface area is 58.4 Å². The van der Waals surface area contributed by atoms with E-state index >= 15 is 0 Å². The first-order chi connectivity index (χ1) is 4.33. The maximum atomic E-state index is 5.47. The lowest BCUT2D eigenvalue weighted by Gasteiger charge is -1.94. The summed E-state index contributed by atoms with van der Waals surface area (Å²) in [5.74, 6) is 0.597. The lowest BCUT2D eigenvalue weighted by molar-refractivity contribution is 0.412. The molecule has 0 unspecified atom stereocenters. The summed E-state index contributed by atoms with van der Waals surface area (Å²) in [5.41, 5.74) is 0. The average Bonchev–Trinajstić information content (AvgIpc) is 1.90. The van der Waals surface area contributed by atoms with Gasteiger partial charge in [-0.25, -0.2) is 4.98 Å². The highest BCUT2D eigenvalue weighted by Gasteiger charge is 1.89. The molecule has 1 aromatic heterocycles. The van der Waals surface area contributed by atoms with E-state index in [1.54, 1.807) is 13.2 Å². The Morgan fingerprint density at radius 2 is 2.56 bits per heavy atom. The van der Waals surface area contributed by atoms with Crippen molar-refractivity contribution >= 4 is 11.6 Å². The molecule has 1 radical (unpaired) electrons. The van der Waals surface area contributed by atoms with Crippen molar-refractivity contribution in [2.45, 2.75) is 0 Å². The van der Waals surface area contributed by atoms with Gasteiger partial charge in [0.2, 0.25) is 0 Å². The summed E-state index contributed by atoms with van der Waals surface area (Å²) in [7, 11) is 1.56. The van der Waals surface area contributed by atoms with Gasteiger partial charge in [0.05, 0.1) is 13.3 Å². The molecule has 1 aromatic rings. The zero-order chi connectivity index (χ0) is 6.69. The van der Waals surface area contributed by atoms with Crippen LogP contribution in [0.1, 0.15) is 0 Å². The van der Waals surface area contributed by atoms with Gasteiger partial charge in [-0.15, -0.1) is 0 Å². The Hall–Kier alpha value is -0.760. The van der Waals surface area contributed by atoms with Crippen molar-refractivity contribution in [3.63, 3.8) is 0 Å². The largest absolute Gasteiger partial charge is 0.494 e. The minimum Gasteiger partial charge on any atom is -0.494 e. The van der Waals surface area contributed by atoms with Gasteiger partial charge in [-0.1, -0.05) is 11.6 Å². The Balaban J connectivity index is 2.88. The number of methoxy groups -OCH3 is 1. The fourth-order valence-corrected chi connectivity index (χ4v) is 0.540. The molecule has 0 N–H and O–H groups in total. The standard InChI is InChI=1S/C6H5ClNO/c1-9-5-2-3-6(7)8-4-5/h3-4H,1H3. The second-order valence-corrected chi connectivity index (χ2v) is 1.83. The second kappa shape index (κ2) is 2.69. The lowest BCUT2D eigenvalue weighted by atomic mass is 10.5. The lowest BCUT2D eigenvalue weighted by Crippen LogP contribution is -1.82. The van der Waals surface area contributed by atoms with Crippen molar-refractivity contribution in [1.29, 1.82) is 0 Å². The smallest absolute Gasteiger partial charge is 0.145 e. The van der Waals surface area contributed by atoms with Crippen molar-refractivity contribution in [2.24, 2.45) is 0 Å². The highest BCUT2D eigenvalue weighted by Crippen LogP contribution is 2.09. The normalized spacial score (nSPS) is 9.11. The molecule has 0 saturated heterocycles. The number of aromatic nitrogens is 1. The number of pyridine rings is 1. The van der Waals surface area contributed by atoms with Crippen molar-refractivity contribution in [2.75, 3.05) is 7.11 Å². The van der Waals surface area contributed by atoms with E-state index in [4.69, 9.17) is 16.3 Å². The predicted molar refractivity (Wildman–Crippen MR) is 34.6 cm³/mol. The summed E-state index contributed by atoms with van der Waals surface area (Å²) < 4.78 is 4.79. The third-order valence-electron chi connectivity index (χ3n) is 0.859. The van der Waals surface area contributed by atoms with Crippen LogP contribution in [0.15, 0.2) is 12.3 Å². The Morgan fingerprint density at radius 1 is 1.78 bits per heavy atom. The molecule has 0 aliphatic rings. The number of rotatable bonds is 1. The average molecular weight is 143 g/mol. The van der Waals surface area contributed by atoms with Gasteiger partial charge >= 0.3 is 0 Å². The van der Waals surface area contributed by atoms with Crippen LogP contribution in [0.2, 0.25) is 5.15 Å². The molecule has 0 aliphatic heterocycles. The molecule has 0 bridgehead atoms. The van der Waals surface area contributed by atoms with Crippen LogP contribution < -0.4 is 4.74 Å². The van der Waals surface area contributed by atoms with Crippen molar-refractivity contribution in [1.82, 2.24) is 4.98 Å². The van der Waals surface area contributed by atoms with Crippen molar-refractivity contribution in [3.05, 3.63) is 23.5 Å². The van der Waals surface area contributed by atoms with Gasteiger partial charge in [0.15, 0.2) is 0 Å². The molecule has 47 valence electrons. The molecule has 3 heteroatoms. The van der Waals surface area contributed by atoms with E-state index in [2.05, 4.69) is 11.1 Å². The number of halogens is 1. The van der Waals surface area contributed by atoms with Crippen LogP contribution in [0.4, 0.5) is 0 Å². The molecule has 0 amide bonds. The molecule has 1 rings (SSSR count). The minimum absolute atomic E-state index is 0.427. The zero-order valence-corrected chi connectivity index (χ0v) is 5.64. The number of nitrogens with zero attached hydrogens (tertiary/aromatic N) is 1. The van der Waals surface area contributed by atoms with Crippen LogP contribution in [-0.4, -0.2) is 12.1 Å². The first-order valence-corrected chi connectivity index (χ1v) is 2.78. The first kappa shape index (κ1) is 6.36. The quantitative estimate of drug-likeness (QED) is 0.555. The summed E-state index contributed by atoms with van der Waals surface area (Å²) in [5, 5.41) is 0.427. The summed E-state index contributed by atoms with van der Waals surface area (Å²) in [6.07, 6.45) is 1.52. The monoisotopic (exact) mass is 142 g/mol. The topological polar surface area (TPSA) is 22.1 Å². The van der Waals surface area contributed by atoms with Crippen LogP contribution in [0.3, 0.4) is 0 Å². The van der Waals surface area contributed by atoms with E-state index < -0.39 is 0 Å². The fraction of sp³-hybridized carbons (Fsp3) is 0.167. The molecule has 0 fully saturated rings. The van der Waals surface area contributed by atoms with Crippen molar-refractivity contribution in [3.8, 4) is 5.75 Å². The third-order valence-corrected chi connectivity index (χ3v) is 1.07. The van der Waals surface area contributed by atoms with E-state index in [0.29, 0.717) is 10.9 Å². The maximum Gasteiger partial charge on any atom is 0.145 e. The second-order valence-electron chi connectivity index (χ2n) is 1.44. The number of ether oxygens (including phenoxy) is 1. The molecular weight excluding hydrogens is 138 g/mol. The molecular formula is C6H5ClNO. The third kappa shape index (κ3) is 1.57. The van der Waals surface area contributed by atoms with Gasteiger partial charge in [-0.3, -0.25) is 0 Å². The van der Waals surface area contributed by atoms with E-state index in [1.807, 2.05) is 0 Å². The van der Waals surface area contributed by atoms with Gasteiger partial charge in [0, 0.05) is 6.07 Å². The Bertz CT molecular complexity index is 185. The highest BCUT2D eigenvalue weighted by atomic mass is 35.5. The van der Waals surface area contributed by atoms with E-state index in [9.17, 15) is 0 Å². The van der Waals surface area contributed by atoms with E-state index in [0.717, 1.165) is 0 Å². The number of hydrogen-bond donors (Lipinski definition) is 0. The summed E-state index contributed by atoms with van der Waals surface area (Å²) in [4.78, 5) is 3.76. The Kier molecular flexibility index (Phi) is 1.90.